The number of aromatic nitrogens is 2. The van der Waals surface area contributed by atoms with Crippen molar-refractivity contribution in [3.63, 3.8) is 0 Å². The number of fused-ring (bicyclic) bond motifs is 4. The molecule has 0 radical (unpaired) electrons. The Balaban J connectivity index is 1.01. The molecule has 1 spiro atoms. The number of amides is 1. The van der Waals surface area contributed by atoms with Crippen LogP contribution in [0, 0.1) is 15.5 Å². The second kappa shape index (κ2) is 16.4. The number of ether oxygens (including phenoxy) is 4. The van der Waals surface area contributed by atoms with Crippen molar-refractivity contribution in [3.05, 3.63) is 93.7 Å². The third-order valence-corrected chi connectivity index (χ3v) is 16.5. The largest absolute Gasteiger partial charge is 0.489 e. The van der Waals surface area contributed by atoms with Gasteiger partial charge in [-0.2, -0.15) is 4.98 Å². The lowest BCUT2D eigenvalue weighted by molar-refractivity contribution is -0.384. The van der Waals surface area contributed by atoms with E-state index in [0.717, 1.165) is 43.7 Å². The van der Waals surface area contributed by atoms with Crippen molar-refractivity contribution in [2.24, 2.45) is 11.1 Å². The third-order valence-electron chi connectivity index (χ3n) is 14.7. The molecule has 5 aromatic rings. The van der Waals surface area contributed by atoms with E-state index in [4.69, 9.17) is 29.7 Å². The summed E-state index contributed by atoms with van der Waals surface area (Å²) in [7, 11) is -4.76. The number of aromatic amines is 1. The van der Waals surface area contributed by atoms with Gasteiger partial charge in [0.1, 0.15) is 28.9 Å². The zero-order chi connectivity index (χ0) is 46.5. The van der Waals surface area contributed by atoms with Crippen molar-refractivity contribution in [2.75, 3.05) is 61.2 Å². The molecule has 17 nitrogen and oxygen atoms in total. The van der Waals surface area contributed by atoms with E-state index in [2.05, 4.69) is 58.2 Å². The van der Waals surface area contributed by atoms with Crippen LogP contribution in [0.25, 0.3) is 11.0 Å². The van der Waals surface area contributed by atoms with E-state index in [9.17, 15) is 14.9 Å². The summed E-state index contributed by atoms with van der Waals surface area (Å²) in [5, 5.41) is 16.7. The maximum absolute atomic E-state index is 15.9. The molecule has 11 rings (SSSR count). The van der Waals surface area contributed by atoms with Gasteiger partial charge in [0.25, 0.3) is 11.6 Å². The van der Waals surface area contributed by atoms with Crippen LogP contribution < -0.4 is 30.3 Å². The molecule has 3 aromatic carbocycles. The summed E-state index contributed by atoms with van der Waals surface area (Å²) in [6.45, 7) is 11.1. The maximum Gasteiger partial charge on any atom is 0.297 e. The fourth-order valence-corrected chi connectivity index (χ4v) is 13.3. The van der Waals surface area contributed by atoms with Crippen molar-refractivity contribution in [1.29, 1.82) is 0 Å². The SMILES string of the molecule is CC(C)OC[C@H]1COc2cc(S(=O)(=O)c3c(N4CC5(CC(N6CCC[C@H]6c6ccccc6C(C)C)C5)C4)ccc(C(N)=O)c3N3c4cc5cc[nH]c5nc4O[C@@H]4COC[C@H]43)cc([N+](=O)[O-])c2N1. The van der Waals surface area contributed by atoms with Crippen molar-refractivity contribution in [3.8, 4) is 11.6 Å². The molecule has 4 N–H and O–H groups in total. The summed E-state index contributed by atoms with van der Waals surface area (Å²) >= 11 is 0. The topological polar surface area (TPSA) is 208 Å². The molecule has 1 aliphatic carbocycles. The highest BCUT2D eigenvalue weighted by molar-refractivity contribution is 7.91. The Hall–Kier alpha value is -5.95. The minimum atomic E-state index is -4.76. The number of carbonyl (C=O) groups excluding carboxylic acids is 1. The molecule has 6 aliphatic rings. The second-order valence-electron chi connectivity index (χ2n) is 19.7. The summed E-state index contributed by atoms with van der Waals surface area (Å²) in [6, 6.07) is 17.9. The smallest absolute Gasteiger partial charge is 0.297 e. The maximum atomic E-state index is 15.9. The van der Waals surface area contributed by atoms with Gasteiger partial charge in [-0.1, -0.05) is 38.1 Å². The van der Waals surface area contributed by atoms with Crippen LogP contribution in [0.4, 0.5) is 28.4 Å². The predicted octanol–water partition coefficient (Wildman–Crippen LogP) is 7.23. The zero-order valence-corrected chi connectivity index (χ0v) is 38.9. The summed E-state index contributed by atoms with van der Waals surface area (Å²) in [6.07, 6.45) is 5.29. The Morgan fingerprint density at radius 2 is 1.85 bits per heavy atom. The Morgan fingerprint density at radius 3 is 2.61 bits per heavy atom. The molecule has 4 atom stereocenters. The number of rotatable bonds is 12. The van der Waals surface area contributed by atoms with Gasteiger partial charge in [0.05, 0.1) is 64.8 Å². The highest BCUT2D eigenvalue weighted by Crippen LogP contribution is 2.57. The number of hydrogen-bond donors (Lipinski definition) is 3. The molecule has 0 unspecified atom stereocenters. The monoisotopic (exact) mass is 932 g/mol. The Bertz CT molecular complexity index is 2910. The molecule has 5 aliphatic heterocycles. The molecule has 18 heteroatoms. The first-order chi connectivity index (χ1) is 32.2. The first-order valence-corrected chi connectivity index (χ1v) is 24.8. The number of primary amides is 1. The van der Waals surface area contributed by atoms with Crippen LogP contribution in [0.3, 0.4) is 0 Å². The Morgan fingerprint density at radius 1 is 1.04 bits per heavy atom. The van der Waals surface area contributed by atoms with Crippen LogP contribution in [0.5, 0.6) is 11.6 Å². The number of carbonyl (C=O) groups is 1. The lowest BCUT2D eigenvalue weighted by Gasteiger charge is -2.62. The minimum Gasteiger partial charge on any atom is -0.489 e. The van der Waals surface area contributed by atoms with Gasteiger partial charge >= 0.3 is 0 Å². The highest BCUT2D eigenvalue weighted by Gasteiger charge is 2.56. The average Bonchev–Trinajstić information content (AvgIpc) is 4.07. The van der Waals surface area contributed by atoms with Crippen LogP contribution in [0.15, 0.2) is 76.7 Å². The lowest BCUT2D eigenvalue weighted by Crippen LogP contribution is -2.66. The molecule has 1 amide bonds. The number of H-pyrrole nitrogens is 1. The summed E-state index contributed by atoms with van der Waals surface area (Å²) in [5.41, 5.74) is 9.92. The molecule has 0 bridgehead atoms. The summed E-state index contributed by atoms with van der Waals surface area (Å²) in [5.74, 6) is -0.185. The summed E-state index contributed by atoms with van der Waals surface area (Å²) in [4.78, 5) is 39.9. The molecule has 1 saturated carbocycles. The van der Waals surface area contributed by atoms with Crippen LogP contribution in [-0.2, 0) is 19.3 Å². The van der Waals surface area contributed by atoms with Gasteiger partial charge in [0.2, 0.25) is 15.7 Å². The quantitative estimate of drug-likeness (QED) is 0.0834. The average molecular weight is 933 g/mol. The number of nitrogens with two attached hydrogens (primary N) is 1. The number of anilines is 4. The van der Waals surface area contributed by atoms with Crippen LogP contribution in [-0.4, -0.2) is 111 Å². The number of pyridine rings is 1. The second-order valence-corrected chi connectivity index (χ2v) is 21.6. The molecule has 67 heavy (non-hydrogen) atoms. The zero-order valence-electron chi connectivity index (χ0n) is 38.1. The van der Waals surface area contributed by atoms with Gasteiger partial charge < -0.3 is 44.8 Å². The highest BCUT2D eigenvalue weighted by atomic mass is 32.2. The van der Waals surface area contributed by atoms with E-state index < -0.39 is 44.5 Å². The number of sulfone groups is 1. The molecule has 7 heterocycles. The van der Waals surface area contributed by atoms with E-state index in [1.165, 1.54) is 17.2 Å². The normalized spacial score (nSPS) is 23.3. The van der Waals surface area contributed by atoms with E-state index in [-0.39, 0.29) is 76.3 Å². The minimum absolute atomic E-state index is 0.0161. The van der Waals surface area contributed by atoms with Gasteiger partial charge in [-0.25, -0.2) is 8.42 Å². The van der Waals surface area contributed by atoms with Gasteiger partial charge in [-0.05, 0) is 87.4 Å². The van der Waals surface area contributed by atoms with Crippen molar-refractivity contribution >= 4 is 55.2 Å². The standard InChI is InChI=1S/C49H56N8O9S/c1-27(2)33-8-5-6-9-34(33)36-10-7-15-55(36)31-19-49(20-31)25-54(26-49)37-12-11-35(46(50)58)44(56-39-16-29-13-14-51-47(29)53-48(39)66-42-24-63-23-40(42)56)45(37)67(61,62)32-17-38(57(59)60)43-41(18-32)65-22-30(52-43)21-64-28(3)4/h5-6,8-9,11-14,16-18,27-28,30-31,36,40,42,52H,7,10,15,19-26H2,1-4H3,(H2,50,58)(H,51,53)/t30-,36-,40+,42+/m0/s1. The number of nitrogens with zero attached hydrogens (tertiary/aromatic N) is 5. The number of nitrogens with one attached hydrogen (secondary N) is 2. The van der Waals surface area contributed by atoms with Crippen molar-refractivity contribution < 1.29 is 37.1 Å². The van der Waals surface area contributed by atoms with E-state index in [1.807, 2.05) is 26.0 Å². The number of likely N-dealkylation sites (tertiary alicyclic amines) is 1. The number of nitro benzene ring substituents is 1. The Labute approximate surface area is 389 Å². The number of nitro groups is 1. The van der Waals surface area contributed by atoms with Crippen molar-refractivity contribution in [1.82, 2.24) is 14.9 Å². The molecule has 352 valence electrons. The fraction of sp³-hybridized carbons (Fsp3) is 0.469. The van der Waals surface area contributed by atoms with Gasteiger partial charge in [-0.3, -0.25) is 19.8 Å². The molecular formula is C49H56N8O9S. The van der Waals surface area contributed by atoms with Crippen LogP contribution in [0.2, 0.25) is 0 Å². The van der Waals surface area contributed by atoms with E-state index in [1.54, 1.807) is 23.2 Å². The number of hydrogen-bond acceptors (Lipinski definition) is 14. The van der Waals surface area contributed by atoms with E-state index in [0.29, 0.717) is 48.1 Å². The van der Waals surface area contributed by atoms with Gasteiger partial charge in [0, 0.05) is 54.3 Å². The third kappa shape index (κ3) is 7.34. The van der Waals surface area contributed by atoms with Crippen LogP contribution >= 0.6 is 0 Å². The van der Waals surface area contributed by atoms with E-state index >= 15 is 8.42 Å². The lowest BCUT2D eigenvalue weighted by atomic mass is 9.60. The first-order valence-electron chi connectivity index (χ1n) is 23.4. The molecule has 4 fully saturated rings. The fourth-order valence-electron chi connectivity index (χ4n) is 11.6. The first kappa shape index (κ1) is 43.6. The molecule has 2 aromatic heterocycles. The number of benzene rings is 3. The van der Waals surface area contributed by atoms with Gasteiger partial charge in [0.15, 0.2) is 11.4 Å². The molecular weight excluding hydrogens is 877 g/mol. The molecule has 3 saturated heterocycles. The predicted molar refractivity (Wildman–Crippen MR) is 252 cm³/mol. The van der Waals surface area contributed by atoms with Crippen molar-refractivity contribution in [2.45, 2.75) is 105 Å². The van der Waals surface area contributed by atoms with Gasteiger partial charge in [-0.15, -0.1) is 0 Å². The summed E-state index contributed by atoms with van der Waals surface area (Å²) < 4.78 is 56.1. The Kier molecular flexibility index (Phi) is 10.7. The van der Waals surface area contributed by atoms with Crippen LogP contribution in [0.1, 0.15) is 86.8 Å².